The maximum Gasteiger partial charge on any atom is 0.117 e. The Balaban J connectivity index is 1.74. The number of hydrogen-bond acceptors (Lipinski definition) is 4. The van der Waals surface area contributed by atoms with Crippen molar-refractivity contribution in [2.24, 2.45) is 5.73 Å². The predicted octanol–water partition coefficient (Wildman–Crippen LogP) is 3.81. The molecule has 2 N–H and O–H groups in total. The van der Waals surface area contributed by atoms with Gasteiger partial charge >= 0.3 is 0 Å². The van der Waals surface area contributed by atoms with Gasteiger partial charge in [-0.2, -0.15) is 5.26 Å². The van der Waals surface area contributed by atoms with Crippen LogP contribution in [0.3, 0.4) is 0 Å². The van der Waals surface area contributed by atoms with Crippen molar-refractivity contribution in [1.82, 2.24) is 4.90 Å². The standard InChI is InChI=1S/C21H21N3O/c22-12-17-3-7-19(8-4-17)14-24(16-21-2-1-11-25-21)15-20-9-5-18(13-23)6-10-20/h1-11H,12,14-16,22H2. The summed E-state index contributed by atoms with van der Waals surface area (Å²) in [6.07, 6.45) is 1.70. The summed E-state index contributed by atoms with van der Waals surface area (Å²) in [5.41, 5.74) is 9.89. The third kappa shape index (κ3) is 4.80. The Morgan fingerprint density at radius 1 is 0.840 bits per heavy atom. The fraction of sp³-hybridized carbons (Fsp3) is 0.190. The van der Waals surface area contributed by atoms with Gasteiger partial charge in [0.15, 0.2) is 0 Å². The number of benzene rings is 2. The van der Waals surface area contributed by atoms with Crippen molar-refractivity contribution >= 4 is 0 Å². The smallest absolute Gasteiger partial charge is 0.117 e. The lowest BCUT2D eigenvalue weighted by Crippen LogP contribution is -2.22. The minimum absolute atomic E-state index is 0.557. The van der Waals surface area contributed by atoms with E-state index in [1.54, 1.807) is 6.26 Å². The molecule has 3 aromatic rings. The summed E-state index contributed by atoms with van der Waals surface area (Å²) >= 11 is 0. The van der Waals surface area contributed by atoms with Crippen molar-refractivity contribution in [3.05, 3.63) is 94.9 Å². The Bertz CT molecular complexity index is 815. The molecule has 0 aliphatic carbocycles. The summed E-state index contributed by atoms with van der Waals surface area (Å²) < 4.78 is 5.51. The van der Waals surface area contributed by atoms with Crippen molar-refractivity contribution < 1.29 is 4.42 Å². The van der Waals surface area contributed by atoms with Gasteiger partial charge in [-0.15, -0.1) is 0 Å². The molecule has 1 heterocycles. The molecule has 1 aromatic heterocycles. The molecule has 25 heavy (non-hydrogen) atoms. The molecule has 126 valence electrons. The Hall–Kier alpha value is -2.87. The molecule has 0 aliphatic rings. The molecule has 0 aliphatic heterocycles. The Kier molecular flexibility index (Phi) is 5.63. The molecular weight excluding hydrogens is 310 g/mol. The van der Waals surface area contributed by atoms with Crippen LogP contribution >= 0.6 is 0 Å². The van der Waals surface area contributed by atoms with Crippen LogP contribution in [0.2, 0.25) is 0 Å². The van der Waals surface area contributed by atoms with Gasteiger partial charge < -0.3 is 10.2 Å². The van der Waals surface area contributed by atoms with Gasteiger partial charge in [-0.3, -0.25) is 4.90 Å². The molecule has 0 amide bonds. The van der Waals surface area contributed by atoms with Crippen LogP contribution in [0, 0.1) is 11.3 Å². The SMILES string of the molecule is N#Cc1ccc(CN(Cc2ccc(CN)cc2)Cc2ccco2)cc1. The first kappa shape index (κ1) is 17.0. The zero-order valence-electron chi connectivity index (χ0n) is 14.1. The summed E-state index contributed by atoms with van der Waals surface area (Å²) in [7, 11) is 0. The fourth-order valence-electron chi connectivity index (χ4n) is 2.77. The van der Waals surface area contributed by atoms with E-state index in [4.69, 9.17) is 15.4 Å². The van der Waals surface area contributed by atoms with Crippen LogP contribution in [0.5, 0.6) is 0 Å². The van der Waals surface area contributed by atoms with E-state index in [1.165, 1.54) is 11.1 Å². The van der Waals surface area contributed by atoms with Gasteiger partial charge in [0, 0.05) is 19.6 Å². The average Bonchev–Trinajstić information content (AvgIpc) is 3.16. The van der Waals surface area contributed by atoms with Crippen molar-refractivity contribution in [1.29, 1.82) is 5.26 Å². The minimum atomic E-state index is 0.557. The number of nitrogens with zero attached hydrogens (tertiary/aromatic N) is 2. The molecule has 0 unspecified atom stereocenters. The molecular formula is C21H21N3O. The third-order valence-electron chi connectivity index (χ3n) is 4.11. The van der Waals surface area contributed by atoms with E-state index in [2.05, 4.69) is 35.2 Å². The van der Waals surface area contributed by atoms with Gasteiger partial charge in [0.2, 0.25) is 0 Å². The lowest BCUT2D eigenvalue weighted by atomic mass is 10.1. The highest BCUT2D eigenvalue weighted by atomic mass is 16.3. The number of hydrogen-bond donors (Lipinski definition) is 1. The average molecular weight is 331 g/mol. The highest BCUT2D eigenvalue weighted by molar-refractivity contribution is 5.31. The molecule has 4 nitrogen and oxygen atoms in total. The maximum atomic E-state index is 8.94. The van der Waals surface area contributed by atoms with Crippen LogP contribution in [0.4, 0.5) is 0 Å². The van der Waals surface area contributed by atoms with Crippen LogP contribution in [0.15, 0.2) is 71.3 Å². The van der Waals surface area contributed by atoms with Crippen molar-refractivity contribution in [2.75, 3.05) is 0 Å². The normalized spacial score (nSPS) is 10.8. The highest BCUT2D eigenvalue weighted by Gasteiger charge is 2.10. The second kappa shape index (κ2) is 8.29. The monoisotopic (exact) mass is 331 g/mol. The van der Waals surface area contributed by atoms with E-state index in [0.717, 1.165) is 31.0 Å². The topological polar surface area (TPSA) is 66.2 Å². The maximum absolute atomic E-state index is 8.94. The van der Waals surface area contributed by atoms with Crippen molar-refractivity contribution in [2.45, 2.75) is 26.2 Å². The van der Waals surface area contributed by atoms with Gasteiger partial charge in [-0.1, -0.05) is 36.4 Å². The minimum Gasteiger partial charge on any atom is -0.468 e. The van der Waals surface area contributed by atoms with E-state index in [1.807, 2.05) is 36.4 Å². The summed E-state index contributed by atoms with van der Waals surface area (Å²) in [5.74, 6) is 0.937. The molecule has 0 saturated heterocycles. The first-order valence-corrected chi connectivity index (χ1v) is 8.28. The van der Waals surface area contributed by atoms with Crippen LogP contribution in [0.25, 0.3) is 0 Å². The lowest BCUT2D eigenvalue weighted by Gasteiger charge is -2.22. The van der Waals surface area contributed by atoms with Gasteiger partial charge in [0.05, 0.1) is 24.4 Å². The fourth-order valence-corrected chi connectivity index (χ4v) is 2.77. The van der Waals surface area contributed by atoms with Crippen molar-refractivity contribution in [3.8, 4) is 6.07 Å². The molecule has 0 radical (unpaired) electrons. The van der Waals surface area contributed by atoms with E-state index < -0.39 is 0 Å². The van der Waals surface area contributed by atoms with Crippen LogP contribution in [-0.2, 0) is 26.2 Å². The summed E-state index contributed by atoms with van der Waals surface area (Å²) in [6.45, 7) is 2.88. The molecule has 0 spiro atoms. The first-order chi connectivity index (χ1) is 12.3. The summed E-state index contributed by atoms with van der Waals surface area (Å²) in [4.78, 5) is 2.32. The Morgan fingerprint density at radius 2 is 1.44 bits per heavy atom. The van der Waals surface area contributed by atoms with E-state index in [-0.39, 0.29) is 0 Å². The molecule has 0 fully saturated rings. The summed E-state index contributed by atoms with van der Waals surface area (Å²) in [6, 6.07) is 22.2. The highest BCUT2D eigenvalue weighted by Crippen LogP contribution is 2.15. The quantitative estimate of drug-likeness (QED) is 0.715. The molecule has 2 aromatic carbocycles. The lowest BCUT2D eigenvalue weighted by molar-refractivity contribution is 0.227. The van der Waals surface area contributed by atoms with E-state index in [0.29, 0.717) is 12.1 Å². The van der Waals surface area contributed by atoms with Crippen LogP contribution < -0.4 is 5.73 Å². The molecule has 4 heteroatoms. The Morgan fingerprint density at radius 3 is 1.96 bits per heavy atom. The molecule has 0 bridgehead atoms. The zero-order chi connectivity index (χ0) is 17.5. The number of nitrogens with two attached hydrogens (primary N) is 1. The predicted molar refractivity (Wildman–Crippen MR) is 97.1 cm³/mol. The van der Waals surface area contributed by atoms with Gasteiger partial charge in [-0.05, 0) is 41.0 Å². The Labute approximate surface area is 148 Å². The van der Waals surface area contributed by atoms with E-state index >= 15 is 0 Å². The molecule has 0 saturated carbocycles. The van der Waals surface area contributed by atoms with Gasteiger partial charge in [0.1, 0.15) is 5.76 Å². The third-order valence-corrected chi connectivity index (χ3v) is 4.11. The van der Waals surface area contributed by atoms with Crippen molar-refractivity contribution in [3.63, 3.8) is 0 Å². The molecule has 0 atom stereocenters. The van der Waals surface area contributed by atoms with Gasteiger partial charge in [-0.25, -0.2) is 0 Å². The van der Waals surface area contributed by atoms with Gasteiger partial charge in [0.25, 0.3) is 0 Å². The first-order valence-electron chi connectivity index (χ1n) is 8.28. The largest absolute Gasteiger partial charge is 0.468 e. The second-order valence-electron chi connectivity index (χ2n) is 6.05. The second-order valence-corrected chi connectivity index (χ2v) is 6.05. The van der Waals surface area contributed by atoms with Crippen LogP contribution in [0.1, 0.15) is 28.0 Å². The zero-order valence-corrected chi connectivity index (χ0v) is 14.1. The summed E-state index contributed by atoms with van der Waals surface area (Å²) in [5, 5.41) is 8.94. The van der Waals surface area contributed by atoms with Crippen LogP contribution in [-0.4, -0.2) is 4.90 Å². The number of rotatable bonds is 7. The van der Waals surface area contributed by atoms with E-state index in [9.17, 15) is 0 Å². The number of furan rings is 1. The number of nitriles is 1. The molecule has 3 rings (SSSR count).